The topological polar surface area (TPSA) is 66.6 Å². The van der Waals surface area contributed by atoms with E-state index in [9.17, 15) is 4.79 Å². The molecule has 1 N–H and O–H groups in total. The summed E-state index contributed by atoms with van der Waals surface area (Å²) in [6.07, 6.45) is 1.79. The number of hydrogen-bond acceptors (Lipinski definition) is 4. The van der Waals surface area contributed by atoms with Gasteiger partial charge in [0.2, 0.25) is 5.76 Å². The molecule has 5 heteroatoms. The molecule has 0 saturated carbocycles. The SMILES string of the molecule is Cc1nc(C)c(C(=O)N2CCC[C@@H]2CO)o1. The molecule has 0 spiro atoms. The van der Waals surface area contributed by atoms with Gasteiger partial charge in [-0.25, -0.2) is 4.98 Å². The van der Waals surface area contributed by atoms with E-state index in [0.717, 1.165) is 12.8 Å². The average Bonchev–Trinajstić information content (AvgIpc) is 2.83. The third kappa shape index (κ3) is 1.82. The van der Waals surface area contributed by atoms with Crippen molar-refractivity contribution < 1.29 is 14.3 Å². The lowest BCUT2D eigenvalue weighted by atomic mass is 10.2. The van der Waals surface area contributed by atoms with Crippen molar-refractivity contribution in [2.45, 2.75) is 32.7 Å². The first-order valence-corrected chi connectivity index (χ1v) is 5.49. The highest BCUT2D eigenvalue weighted by Gasteiger charge is 2.31. The monoisotopic (exact) mass is 224 g/mol. The van der Waals surface area contributed by atoms with E-state index in [1.807, 2.05) is 0 Å². The number of aliphatic hydroxyl groups is 1. The summed E-state index contributed by atoms with van der Waals surface area (Å²) in [7, 11) is 0. The molecule has 1 aliphatic rings. The summed E-state index contributed by atoms with van der Waals surface area (Å²) in [6.45, 7) is 4.17. The van der Waals surface area contributed by atoms with Crippen LogP contribution >= 0.6 is 0 Å². The van der Waals surface area contributed by atoms with E-state index in [-0.39, 0.29) is 18.6 Å². The molecule has 1 fully saturated rings. The molecule has 5 nitrogen and oxygen atoms in total. The Bertz CT molecular complexity index is 400. The van der Waals surface area contributed by atoms with Gasteiger partial charge in [0.1, 0.15) is 0 Å². The van der Waals surface area contributed by atoms with Gasteiger partial charge in [-0.1, -0.05) is 0 Å². The molecule has 1 aromatic rings. The van der Waals surface area contributed by atoms with Gasteiger partial charge in [-0.2, -0.15) is 0 Å². The van der Waals surface area contributed by atoms with Gasteiger partial charge >= 0.3 is 0 Å². The van der Waals surface area contributed by atoms with E-state index in [1.165, 1.54) is 0 Å². The lowest BCUT2D eigenvalue weighted by molar-refractivity contribution is 0.0643. The van der Waals surface area contributed by atoms with Gasteiger partial charge in [-0.3, -0.25) is 4.79 Å². The molecule has 0 aliphatic carbocycles. The van der Waals surface area contributed by atoms with Crippen molar-refractivity contribution in [1.29, 1.82) is 0 Å². The lowest BCUT2D eigenvalue weighted by Crippen LogP contribution is -2.37. The van der Waals surface area contributed by atoms with Crippen molar-refractivity contribution in [3.63, 3.8) is 0 Å². The van der Waals surface area contributed by atoms with Crippen molar-refractivity contribution in [3.05, 3.63) is 17.3 Å². The van der Waals surface area contributed by atoms with Gasteiger partial charge in [-0.05, 0) is 19.8 Å². The summed E-state index contributed by atoms with van der Waals surface area (Å²) in [5.41, 5.74) is 0.617. The van der Waals surface area contributed by atoms with Crippen LogP contribution in [0.4, 0.5) is 0 Å². The number of aliphatic hydroxyl groups excluding tert-OH is 1. The Morgan fingerprint density at radius 2 is 2.38 bits per heavy atom. The van der Waals surface area contributed by atoms with E-state index in [0.29, 0.717) is 23.9 Å². The Hall–Kier alpha value is -1.36. The molecule has 0 unspecified atom stereocenters. The zero-order valence-corrected chi connectivity index (χ0v) is 9.56. The van der Waals surface area contributed by atoms with Crippen LogP contribution in [0.5, 0.6) is 0 Å². The van der Waals surface area contributed by atoms with Crippen LogP contribution in [0.2, 0.25) is 0 Å². The molecular weight excluding hydrogens is 208 g/mol. The second kappa shape index (κ2) is 4.25. The third-order valence-electron chi connectivity index (χ3n) is 2.95. The number of aromatic nitrogens is 1. The fourth-order valence-electron chi connectivity index (χ4n) is 2.15. The smallest absolute Gasteiger partial charge is 0.291 e. The van der Waals surface area contributed by atoms with Crippen molar-refractivity contribution in [1.82, 2.24) is 9.88 Å². The molecule has 0 aromatic carbocycles. The normalized spacial score (nSPS) is 20.4. The zero-order chi connectivity index (χ0) is 11.7. The number of hydrogen-bond donors (Lipinski definition) is 1. The zero-order valence-electron chi connectivity index (χ0n) is 9.56. The van der Waals surface area contributed by atoms with Crippen LogP contribution in [-0.4, -0.2) is 40.1 Å². The molecule has 1 saturated heterocycles. The number of aryl methyl sites for hydroxylation is 2. The third-order valence-corrected chi connectivity index (χ3v) is 2.95. The summed E-state index contributed by atoms with van der Waals surface area (Å²) < 4.78 is 5.30. The Labute approximate surface area is 94.1 Å². The molecule has 16 heavy (non-hydrogen) atoms. The Morgan fingerprint density at radius 1 is 1.62 bits per heavy atom. The summed E-state index contributed by atoms with van der Waals surface area (Å²) in [4.78, 5) is 17.9. The molecular formula is C11H16N2O3. The van der Waals surface area contributed by atoms with Crippen LogP contribution in [0.25, 0.3) is 0 Å². The van der Waals surface area contributed by atoms with Gasteiger partial charge in [-0.15, -0.1) is 0 Å². The quantitative estimate of drug-likeness (QED) is 0.810. The highest BCUT2D eigenvalue weighted by Crippen LogP contribution is 2.21. The minimum absolute atomic E-state index is 0.0118. The summed E-state index contributed by atoms with van der Waals surface area (Å²) in [5.74, 6) is 0.646. The maximum atomic E-state index is 12.1. The number of likely N-dealkylation sites (tertiary alicyclic amines) is 1. The Kier molecular flexibility index (Phi) is 2.96. The Balaban J connectivity index is 2.21. The van der Waals surface area contributed by atoms with Crippen molar-refractivity contribution in [2.24, 2.45) is 0 Å². The van der Waals surface area contributed by atoms with Crippen LogP contribution in [0.1, 0.15) is 35.0 Å². The predicted octanol–water partition coefficient (Wildman–Crippen LogP) is 0.888. The number of nitrogens with zero attached hydrogens (tertiary/aromatic N) is 2. The number of amides is 1. The van der Waals surface area contributed by atoms with Crippen LogP contribution in [-0.2, 0) is 0 Å². The molecule has 88 valence electrons. The summed E-state index contributed by atoms with van der Waals surface area (Å²) >= 11 is 0. The minimum Gasteiger partial charge on any atom is -0.436 e. The van der Waals surface area contributed by atoms with E-state index in [4.69, 9.17) is 9.52 Å². The van der Waals surface area contributed by atoms with Crippen LogP contribution in [0, 0.1) is 13.8 Å². The van der Waals surface area contributed by atoms with Crippen molar-refractivity contribution >= 4 is 5.91 Å². The maximum Gasteiger partial charge on any atom is 0.291 e. The molecule has 0 radical (unpaired) electrons. The van der Waals surface area contributed by atoms with Crippen molar-refractivity contribution in [3.8, 4) is 0 Å². The van der Waals surface area contributed by atoms with Gasteiger partial charge in [0.15, 0.2) is 5.89 Å². The first-order valence-electron chi connectivity index (χ1n) is 5.49. The maximum absolute atomic E-state index is 12.1. The lowest BCUT2D eigenvalue weighted by Gasteiger charge is -2.21. The van der Waals surface area contributed by atoms with E-state index in [1.54, 1.807) is 18.7 Å². The Morgan fingerprint density at radius 3 is 2.94 bits per heavy atom. The van der Waals surface area contributed by atoms with Gasteiger partial charge in [0, 0.05) is 13.5 Å². The summed E-state index contributed by atoms with van der Waals surface area (Å²) in [5, 5.41) is 9.17. The summed E-state index contributed by atoms with van der Waals surface area (Å²) in [6, 6.07) is -0.0719. The molecule has 1 aromatic heterocycles. The molecule has 2 heterocycles. The molecule has 1 aliphatic heterocycles. The fraction of sp³-hybridized carbons (Fsp3) is 0.636. The van der Waals surface area contributed by atoms with Gasteiger partial charge in [0.25, 0.3) is 5.91 Å². The van der Waals surface area contributed by atoms with Crippen LogP contribution < -0.4 is 0 Å². The highest BCUT2D eigenvalue weighted by atomic mass is 16.4. The van der Waals surface area contributed by atoms with Crippen LogP contribution in [0.3, 0.4) is 0 Å². The van der Waals surface area contributed by atoms with Crippen LogP contribution in [0.15, 0.2) is 4.42 Å². The second-order valence-electron chi connectivity index (χ2n) is 4.12. The number of carbonyl (C=O) groups excluding carboxylic acids is 1. The van der Waals surface area contributed by atoms with Gasteiger partial charge < -0.3 is 14.4 Å². The molecule has 0 bridgehead atoms. The van der Waals surface area contributed by atoms with Crippen molar-refractivity contribution in [2.75, 3.05) is 13.2 Å². The first-order chi connectivity index (χ1) is 7.63. The second-order valence-corrected chi connectivity index (χ2v) is 4.12. The average molecular weight is 224 g/mol. The minimum atomic E-state index is -0.158. The fourth-order valence-corrected chi connectivity index (χ4v) is 2.15. The standard InChI is InChI=1S/C11H16N2O3/c1-7-10(16-8(2)12-7)11(15)13-5-3-4-9(13)6-14/h9,14H,3-6H2,1-2H3/t9-/m1/s1. The van der Waals surface area contributed by atoms with Gasteiger partial charge in [0.05, 0.1) is 18.3 Å². The van der Waals surface area contributed by atoms with E-state index in [2.05, 4.69) is 4.98 Å². The van der Waals surface area contributed by atoms with E-state index < -0.39 is 0 Å². The first kappa shape index (κ1) is 11.1. The molecule has 1 atom stereocenters. The number of oxazole rings is 1. The van der Waals surface area contributed by atoms with E-state index >= 15 is 0 Å². The predicted molar refractivity (Wildman–Crippen MR) is 57.1 cm³/mol. The number of carbonyl (C=O) groups is 1. The number of rotatable bonds is 2. The molecule has 1 amide bonds. The highest BCUT2D eigenvalue weighted by molar-refractivity contribution is 5.92. The largest absolute Gasteiger partial charge is 0.436 e. The molecule has 2 rings (SSSR count).